The zero-order valence-corrected chi connectivity index (χ0v) is 11.3. The van der Waals surface area contributed by atoms with Crippen molar-refractivity contribution in [1.29, 1.82) is 5.41 Å². The number of hydrogen-bond acceptors (Lipinski definition) is 3. The fraction of sp³-hybridized carbons (Fsp3) is 0.100. The molecule has 0 saturated heterocycles. The van der Waals surface area contributed by atoms with Gasteiger partial charge in [0.2, 0.25) is 11.9 Å². The first-order valence-corrected chi connectivity index (χ1v) is 5.72. The summed E-state index contributed by atoms with van der Waals surface area (Å²) in [5.41, 5.74) is 5.83. The molecule has 0 heterocycles. The van der Waals surface area contributed by atoms with Gasteiger partial charge in [-0.2, -0.15) is 10.1 Å². The Kier molecular flexibility index (Phi) is 4.65. The fourth-order valence-corrected chi connectivity index (χ4v) is 1.76. The molecule has 90 valence electrons. The van der Waals surface area contributed by atoms with Gasteiger partial charge in [0.25, 0.3) is 0 Å². The molecule has 1 aromatic carbocycles. The predicted octanol–water partition coefficient (Wildman–Crippen LogP) is 2.18. The maximum atomic E-state index is 11.1. The molecule has 5 nitrogen and oxygen atoms in total. The molecule has 0 atom stereocenters. The van der Waals surface area contributed by atoms with Crippen LogP contribution in [0, 0.1) is 5.41 Å². The summed E-state index contributed by atoms with van der Waals surface area (Å²) < 4.78 is 0.842. The second-order valence-electron chi connectivity index (χ2n) is 3.13. The molecule has 0 saturated carbocycles. The normalized spacial score (nSPS) is 10.5. The van der Waals surface area contributed by atoms with E-state index >= 15 is 0 Å². The van der Waals surface area contributed by atoms with Crippen LogP contribution in [-0.2, 0) is 4.79 Å². The average molecular weight is 318 g/mol. The molecule has 1 rings (SSSR count). The predicted molar refractivity (Wildman–Crippen MR) is 71.2 cm³/mol. The third kappa shape index (κ3) is 3.83. The zero-order chi connectivity index (χ0) is 13.0. The highest BCUT2D eigenvalue weighted by Crippen LogP contribution is 2.19. The second-order valence-corrected chi connectivity index (χ2v) is 4.45. The van der Waals surface area contributed by atoms with Gasteiger partial charge >= 0.3 is 0 Å². The first kappa shape index (κ1) is 13.7. The largest absolute Gasteiger partial charge is 0.368 e. The van der Waals surface area contributed by atoms with Gasteiger partial charge in [0.1, 0.15) is 0 Å². The van der Waals surface area contributed by atoms with E-state index in [0.717, 1.165) is 9.48 Å². The number of nitrogens with zero attached hydrogens (tertiary/aromatic N) is 2. The van der Waals surface area contributed by atoms with Gasteiger partial charge in [-0.15, -0.1) is 0 Å². The van der Waals surface area contributed by atoms with Gasteiger partial charge in [0.05, 0.1) is 11.2 Å². The molecular formula is C10H10BrClN4O. The van der Waals surface area contributed by atoms with Gasteiger partial charge in [-0.3, -0.25) is 10.2 Å². The molecule has 1 amide bonds. The van der Waals surface area contributed by atoms with Crippen LogP contribution in [0.25, 0.3) is 0 Å². The van der Waals surface area contributed by atoms with E-state index in [-0.39, 0.29) is 0 Å². The van der Waals surface area contributed by atoms with E-state index in [1.807, 2.05) is 0 Å². The second kappa shape index (κ2) is 5.79. The lowest BCUT2D eigenvalue weighted by atomic mass is 10.2. The smallest absolute Gasteiger partial charge is 0.246 e. The van der Waals surface area contributed by atoms with Gasteiger partial charge in [0, 0.05) is 17.0 Å². The topological polar surface area (TPSA) is 82.5 Å². The summed E-state index contributed by atoms with van der Waals surface area (Å²) in [6.45, 7) is 1.27. The zero-order valence-electron chi connectivity index (χ0n) is 8.95. The van der Waals surface area contributed by atoms with E-state index in [1.165, 1.54) is 13.1 Å². The summed E-state index contributed by atoms with van der Waals surface area (Å²) in [5.74, 6) is -0.885. The van der Waals surface area contributed by atoms with Crippen molar-refractivity contribution in [2.45, 2.75) is 6.92 Å². The Morgan fingerprint density at radius 3 is 2.76 bits per heavy atom. The Hall–Kier alpha value is -1.40. The summed E-state index contributed by atoms with van der Waals surface area (Å²) in [6.07, 6.45) is 1.37. The van der Waals surface area contributed by atoms with Crippen LogP contribution in [0.1, 0.15) is 12.5 Å². The maximum absolute atomic E-state index is 11.1. The number of hydrazone groups is 1. The van der Waals surface area contributed by atoms with Crippen LogP contribution in [0.2, 0.25) is 5.02 Å². The standard InChI is InChI=1S/C10H10BrClN4O/c1-6(17)16(10(13)14)15-5-7-2-3-8(11)4-9(7)12/h2-5H,1H3,(H3,13,14)/b15-5+. The number of carbonyl (C=O) groups is 1. The number of carbonyl (C=O) groups excluding carboxylic acids is 1. The van der Waals surface area contributed by atoms with Crippen molar-refractivity contribution in [1.82, 2.24) is 5.01 Å². The minimum atomic E-state index is -0.443. The molecule has 0 radical (unpaired) electrons. The molecular weight excluding hydrogens is 307 g/mol. The highest BCUT2D eigenvalue weighted by atomic mass is 79.9. The molecule has 7 heteroatoms. The number of amides is 1. The van der Waals surface area contributed by atoms with Crippen molar-refractivity contribution in [3.63, 3.8) is 0 Å². The van der Waals surface area contributed by atoms with E-state index in [1.54, 1.807) is 18.2 Å². The van der Waals surface area contributed by atoms with Gasteiger partial charge in [-0.05, 0) is 12.1 Å². The number of hydrogen-bond donors (Lipinski definition) is 2. The van der Waals surface area contributed by atoms with Crippen molar-refractivity contribution in [3.05, 3.63) is 33.3 Å². The van der Waals surface area contributed by atoms with Crippen LogP contribution in [0.15, 0.2) is 27.8 Å². The van der Waals surface area contributed by atoms with Crippen molar-refractivity contribution >= 4 is 45.6 Å². The number of nitrogens with two attached hydrogens (primary N) is 1. The summed E-state index contributed by atoms with van der Waals surface area (Å²) in [7, 11) is 0. The average Bonchev–Trinajstić information content (AvgIpc) is 2.20. The van der Waals surface area contributed by atoms with Crippen molar-refractivity contribution in [2.75, 3.05) is 0 Å². The Balaban J connectivity index is 2.96. The molecule has 0 unspecified atom stereocenters. The van der Waals surface area contributed by atoms with Gasteiger partial charge in [-0.25, -0.2) is 0 Å². The van der Waals surface area contributed by atoms with E-state index < -0.39 is 11.9 Å². The van der Waals surface area contributed by atoms with E-state index in [2.05, 4.69) is 21.0 Å². The lowest BCUT2D eigenvalue weighted by Crippen LogP contribution is -2.35. The minimum Gasteiger partial charge on any atom is -0.368 e. The summed E-state index contributed by atoms with van der Waals surface area (Å²) in [4.78, 5) is 11.1. The number of benzene rings is 1. The highest BCUT2D eigenvalue weighted by Gasteiger charge is 2.09. The molecule has 1 aromatic rings. The number of guanidine groups is 1. The van der Waals surface area contributed by atoms with Gasteiger partial charge in [0.15, 0.2) is 0 Å². The molecule has 0 bridgehead atoms. The van der Waals surface area contributed by atoms with Gasteiger partial charge in [-0.1, -0.05) is 33.6 Å². The molecule has 0 aliphatic rings. The number of halogens is 2. The van der Waals surface area contributed by atoms with Crippen molar-refractivity contribution in [2.24, 2.45) is 10.8 Å². The van der Waals surface area contributed by atoms with Crippen LogP contribution in [0.3, 0.4) is 0 Å². The number of nitrogens with one attached hydrogen (secondary N) is 1. The Morgan fingerprint density at radius 1 is 1.65 bits per heavy atom. The third-order valence-electron chi connectivity index (χ3n) is 1.80. The van der Waals surface area contributed by atoms with Crippen LogP contribution in [0.5, 0.6) is 0 Å². The first-order valence-electron chi connectivity index (χ1n) is 4.55. The van der Waals surface area contributed by atoms with Gasteiger partial charge < -0.3 is 5.73 Å². The summed E-state index contributed by atoms with van der Waals surface area (Å²) in [5, 5.41) is 12.2. The van der Waals surface area contributed by atoms with E-state index in [9.17, 15) is 4.79 Å². The van der Waals surface area contributed by atoms with Crippen molar-refractivity contribution < 1.29 is 4.79 Å². The molecule has 17 heavy (non-hydrogen) atoms. The lowest BCUT2D eigenvalue weighted by molar-refractivity contribution is -0.125. The monoisotopic (exact) mass is 316 g/mol. The third-order valence-corrected chi connectivity index (χ3v) is 2.62. The van der Waals surface area contributed by atoms with Crippen LogP contribution < -0.4 is 5.73 Å². The maximum Gasteiger partial charge on any atom is 0.246 e. The quantitative estimate of drug-likeness (QED) is 0.498. The highest BCUT2D eigenvalue weighted by molar-refractivity contribution is 9.10. The Morgan fingerprint density at radius 2 is 2.29 bits per heavy atom. The molecule has 0 aliphatic heterocycles. The van der Waals surface area contributed by atoms with Crippen molar-refractivity contribution in [3.8, 4) is 0 Å². The molecule has 0 aliphatic carbocycles. The Bertz CT molecular complexity index is 475. The SMILES string of the molecule is CC(=O)N(/N=C/c1ccc(Br)cc1Cl)C(=N)N. The summed E-state index contributed by atoms with van der Waals surface area (Å²) in [6, 6.07) is 5.22. The van der Waals surface area contributed by atoms with E-state index in [4.69, 9.17) is 22.7 Å². The van der Waals surface area contributed by atoms with E-state index in [0.29, 0.717) is 10.6 Å². The first-order chi connectivity index (χ1) is 7.91. The van der Waals surface area contributed by atoms with Crippen LogP contribution >= 0.6 is 27.5 Å². The van der Waals surface area contributed by atoms with Crippen LogP contribution in [0.4, 0.5) is 0 Å². The number of rotatable bonds is 2. The summed E-state index contributed by atoms with van der Waals surface area (Å²) >= 11 is 9.24. The molecule has 0 spiro atoms. The lowest BCUT2D eigenvalue weighted by Gasteiger charge is -2.11. The molecule has 0 aromatic heterocycles. The molecule has 3 N–H and O–H groups in total. The molecule has 0 fully saturated rings. The Labute approximate surface area is 112 Å². The minimum absolute atomic E-state index is 0.443. The van der Waals surface area contributed by atoms with Crippen LogP contribution in [-0.4, -0.2) is 23.1 Å². The fourth-order valence-electron chi connectivity index (χ4n) is 1.04.